The highest BCUT2D eigenvalue weighted by molar-refractivity contribution is 5.91. The Labute approximate surface area is 165 Å². The maximum atomic E-state index is 12.4. The van der Waals surface area contributed by atoms with Crippen LogP contribution < -0.4 is 15.0 Å². The number of ether oxygens (including phenoxy) is 2. The summed E-state index contributed by atoms with van der Waals surface area (Å²) in [6.07, 6.45) is 4.92. The second-order valence-corrected chi connectivity index (χ2v) is 6.98. The van der Waals surface area contributed by atoms with Crippen LogP contribution >= 0.6 is 0 Å². The Balaban J connectivity index is 1.52. The van der Waals surface area contributed by atoms with Crippen molar-refractivity contribution in [3.8, 4) is 11.5 Å². The third-order valence-corrected chi connectivity index (χ3v) is 5.07. The molecule has 1 aliphatic heterocycles. The highest BCUT2D eigenvalue weighted by Gasteiger charge is 2.23. The zero-order valence-electron chi connectivity index (χ0n) is 16.6. The number of methoxy groups -OCH3 is 1. The molecule has 0 atom stereocenters. The SMILES string of the molecule is COc1ccc(/C=C/C(=O)N2CCC(Oc3cc(C)n(C)c(=O)c3)CC2)cc1. The van der Waals surface area contributed by atoms with Crippen molar-refractivity contribution in [3.63, 3.8) is 0 Å². The summed E-state index contributed by atoms with van der Waals surface area (Å²) in [4.78, 5) is 26.1. The monoisotopic (exact) mass is 382 g/mol. The van der Waals surface area contributed by atoms with Gasteiger partial charge in [0.1, 0.15) is 17.6 Å². The number of carbonyl (C=O) groups excluding carboxylic acids is 1. The molecular formula is C22H26N2O4. The van der Waals surface area contributed by atoms with E-state index >= 15 is 0 Å². The molecule has 1 fully saturated rings. The Hall–Kier alpha value is -3.02. The van der Waals surface area contributed by atoms with Gasteiger partial charge in [0.15, 0.2) is 0 Å². The summed E-state index contributed by atoms with van der Waals surface area (Å²) in [5, 5.41) is 0. The van der Waals surface area contributed by atoms with E-state index in [0.29, 0.717) is 18.8 Å². The van der Waals surface area contributed by atoms with Crippen molar-refractivity contribution >= 4 is 12.0 Å². The van der Waals surface area contributed by atoms with Crippen molar-refractivity contribution in [1.29, 1.82) is 0 Å². The first-order valence-corrected chi connectivity index (χ1v) is 9.41. The number of likely N-dealkylation sites (tertiary alicyclic amines) is 1. The van der Waals surface area contributed by atoms with Gasteiger partial charge in [-0.3, -0.25) is 9.59 Å². The Morgan fingerprint density at radius 2 is 1.79 bits per heavy atom. The van der Waals surface area contributed by atoms with E-state index in [1.165, 1.54) is 6.07 Å². The van der Waals surface area contributed by atoms with Crippen molar-refractivity contribution in [2.45, 2.75) is 25.9 Å². The number of rotatable bonds is 5. The maximum absolute atomic E-state index is 12.4. The molecule has 1 aromatic carbocycles. The third kappa shape index (κ3) is 4.82. The van der Waals surface area contributed by atoms with Gasteiger partial charge in [0.25, 0.3) is 5.56 Å². The fourth-order valence-electron chi connectivity index (χ4n) is 3.18. The van der Waals surface area contributed by atoms with Gasteiger partial charge >= 0.3 is 0 Å². The Morgan fingerprint density at radius 1 is 1.11 bits per heavy atom. The Morgan fingerprint density at radius 3 is 2.39 bits per heavy atom. The third-order valence-electron chi connectivity index (χ3n) is 5.07. The van der Waals surface area contributed by atoms with Crippen LogP contribution in [0.1, 0.15) is 24.1 Å². The van der Waals surface area contributed by atoms with Gasteiger partial charge in [-0.2, -0.15) is 0 Å². The number of pyridine rings is 1. The summed E-state index contributed by atoms with van der Waals surface area (Å²) < 4.78 is 12.7. The van der Waals surface area contributed by atoms with Crippen LogP contribution in [0.5, 0.6) is 11.5 Å². The van der Waals surface area contributed by atoms with E-state index in [4.69, 9.17) is 9.47 Å². The van der Waals surface area contributed by atoms with Crippen molar-refractivity contribution in [2.75, 3.05) is 20.2 Å². The summed E-state index contributed by atoms with van der Waals surface area (Å²) >= 11 is 0. The predicted octanol–water partition coefficient (Wildman–Crippen LogP) is 2.79. The topological polar surface area (TPSA) is 60.8 Å². The number of amides is 1. The van der Waals surface area contributed by atoms with Crippen LogP contribution in [-0.2, 0) is 11.8 Å². The molecule has 148 valence electrons. The maximum Gasteiger partial charge on any atom is 0.254 e. The second-order valence-electron chi connectivity index (χ2n) is 6.98. The van der Waals surface area contributed by atoms with Crippen molar-refractivity contribution < 1.29 is 14.3 Å². The van der Waals surface area contributed by atoms with E-state index in [0.717, 1.165) is 29.8 Å². The Bertz CT molecular complexity index is 907. The van der Waals surface area contributed by atoms with Crippen molar-refractivity contribution in [3.05, 3.63) is 64.1 Å². The van der Waals surface area contributed by atoms with Crippen LogP contribution in [0.4, 0.5) is 0 Å². The van der Waals surface area contributed by atoms with Crippen LogP contribution in [0.25, 0.3) is 6.08 Å². The number of piperidine rings is 1. The molecule has 0 spiro atoms. The number of aromatic nitrogens is 1. The average Bonchev–Trinajstić information content (AvgIpc) is 2.71. The smallest absolute Gasteiger partial charge is 0.254 e. The van der Waals surface area contributed by atoms with Crippen LogP contribution in [-0.4, -0.2) is 41.7 Å². The lowest BCUT2D eigenvalue weighted by Gasteiger charge is -2.31. The first kappa shape index (κ1) is 19.7. The zero-order valence-corrected chi connectivity index (χ0v) is 16.6. The van der Waals surface area contributed by atoms with Gasteiger partial charge in [0, 0.05) is 50.8 Å². The molecule has 2 heterocycles. The van der Waals surface area contributed by atoms with Gasteiger partial charge in [-0.1, -0.05) is 12.1 Å². The van der Waals surface area contributed by atoms with Gasteiger partial charge in [-0.15, -0.1) is 0 Å². The van der Waals surface area contributed by atoms with Gasteiger partial charge in [0.05, 0.1) is 7.11 Å². The zero-order chi connectivity index (χ0) is 20.1. The van der Waals surface area contributed by atoms with Crippen LogP contribution in [0.2, 0.25) is 0 Å². The van der Waals surface area contributed by atoms with Gasteiger partial charge in [-0.05, 0) is 36.8 Å². The Kier molecular flexibility index (Phi) is 6.19. The van der Waals surface area contributed by atoms with E-state index in [1.807, 2.05) is 48.2 Å². The minimum Gasteiger partial charge on any atom is -0.497 e. The van der Waals surface area contributed by atoms with Gasteiger partial charge in [-0.25, -0.2) is 0 Å². The van der Waals surface area contributed by atoms with E-state index in [2.05, 4.69) is 0 Å². The molecule has 0 bridgehead atoms. The molecule has 0 unspecified atom stereocenters. The molecule has 0 N–H and O–H groups in total. The fraction of sp³-hybridized carbons (Fsp3) is 0.364. The molecule has 1 saturated heterocycles. The van der Waals surface area contributed by atoms with Crippen molar-refractivity contribution in [1.82, 2.24) is 9.47 Å². The highest BCUT2D eigenvalue weighted by Crippen LogP contribution is 2.19. The molecule has 6 nitrogen and oxygen atoms in total. The minimum atomic E-state index is -0.0775. The van der Waals surface area contributed by atoms with E-state index in [-0.39, 0.29) is 17.6 Å². The van der Waals surface area contributed by atoms with Crippen LogP contribution in [0.15, 0.2) is 47.3 Å². The standard InChI is InChI=1S/C22H26N2O4/c1-16-14-20(15-22(26)23(16)2)28-19-10-12-24(13-11-19)21(25)9-6-17-4-7-18(27-3)8-5-17/h4-9,14-15,19H,10-13H2,1-3H3/b9-6+. The van der Waals surface area contributed by atoms with Crippen molar-refractivity contribution in [2.24, 2.45) is 7.05 Å². The van der Waals surface area contributed by atoms with Gasteiger partial charge in [0.2, 0.25) is 5.91 Å². The highest BCUT2D eigenvalue weighted by atomic mass is 16.5. The largest absolute Gasteiger partial charge is 0.497 e. The second kappa shape index (κ2) is 8.78. The number of nitrogens with zero attached hydrogens (tertiary/aromatic N) is 2. The summed E-state index contributed by atoms with van der Waals surface area (Å²) in [7, 11) is 3.37. The van der Waals surface area contributed by atoms with E-state index in [1.54, 1.807) is 24.8 Å². The number of carbonyl (C=O) groups is 1. The fourth-order valence-corrected chi connectivity index (χ4v) is 3.18. The number of hydrogen-bond donors (Lipinski definition) is 0. The number of aryl methyl sites for hydroxylation is 1. The quantitative estimate of drug-likeness (QED) is 0.746. The number of benzene rings is 1. The average molecular weight is 382 g/mol. The minimum absolute atomic E-state index is 0.00121. The molecule has 28 heavy (non-hydrogen) atoms. The molecule has 3 rings (SSSR count). The molecule has 1 aliphatic rings. The molecule has 2 aromatic rings. The molecule has 0 radical (unpaired) electrons. The molecule has 6 heteroatoms. The first-order valence-electron chi connectivity index (χ1n) is 9.41. The van der Waals surface area contributed by atoms with E-state index < -0.39 is 0 Å². The van der Waals surface area contributed by atoms with Crippen LogP contribution in [0.3, 0.4) is 0 Å². The molecule has 0 saturated carbocycles. The molecule has 0 aliphatic carbocycles. The molecule has 1 amide bonds. The summed E-state index contributed by atoms with van der Waals surface area (Å²) in [6, 6.07) is 10.9. The lowest BCUT2D eigenvalue weighted by molar-refractivity contribution is -0.127. The summed E-state index contributed by atoms with van der Waals surface area (Å²) in [5.41, 5.74) is 1.73. The van der Waals surface area contributed by atoms with Gasteiger partial charge < -0.3 is 18.9 Å². The lowest BCUT2D eigenvalue weighted by Crippen LogP contribution is -2.41. The summed E-state index contributed by atoms with van der Waals surface area (Å²) in [6.45, 7) is 3.16. The number of hydrogen-bond acceptors (Lipinski definition) is 4. The summed E-state index contributed by atoms with van der Waals surface area (Å²) in [5.74, 6) is 1.39. The normalized spacial score (nSPS) is 15.0. The molecular weight excluding hydrogens is 356 g/mol. The van der Waals surface area contributed by atoms with Crippen LogP contribution in [0, 0.1) is 6.92 Å². The predicted molar refractivity (Wildman–Crippen MR) is 109 cm³/mol. The lowest BCUT2D eigenvalue weighted by atomic mass is 10.1. The first-order chi connectivity index (χ1) is 13.5. The molecule has 1 aromatic heterocycles. The van der Waals surface area contributed by atoms with E-state index in [9.17, 15) is 9.59 Å².